The zero-order valence-electron chi connectivity index (χ0n) is 11.4. The van der Waals surface area contributed by atoms with Gasteiger partial charge in [-0.2, -0.15) is 0 Å². The summed E-state index contributed by atoms with van der Waals surface area (Å²) in [5, 5.41) is 9.15. The van der Waals surface area contributed by atoms with Crippen molar-refractivity contribution in [2.24, 2.45) is 0 Å². The standard InChI is InChI=1S/C14H13BrN2O4/c1-8(2)17-6-5-16-12(13(17)18)21-11-7-9(15)3-4-10(11)14(19)20/h3-8H,1-2H3,(H,19,20). The van der Waals surface area contributed by atoms with Crippen LogP contribution in [0.4, 0.5) is 0 Å². The second-order valence-electron chi connectivity index (χ2n) is 4.59. The van der Waals surface area contributed by atoms with Gasteiger partial charge in [0.05, 0.1) is 0 Å². The van der Waals surface area contributed by atoms with Crippen LogP contribution in [0.25, 0.3) is 0 Å². The lowest BCUT2D eigenvalue weighted by Crippen LogP contribution is -2.23. The summed E-state index contributed by atoms with van der Waals surface area (Å²) in [6.45, 7) is 3.71. The van der Waals surface area contributed by atoms with Gasteiger partial charge in [-0.1, -0.05) is 15.9 Å². The first-order valence-corrected chi connectivity index (χ1v) is 6.97. The molecule has 1 aromatic heterocycles. The highest BCUT2D eigenvalue weighted by molar-refractivity contribution is 9.10. The van der Waals surface area contributed by atoms with Gasteiger partial charge < -0.3 is 14.4 Å². The third-order valence-electron chi connectivity index (χ3n) is 2.77. The van der Waals surface area contributed by atoms with Gasteiger partial charge in [0.1, 0.15) is 11.3 Å². The fourth-order valence-electron chi connectivity index (χ4n) is 1.74. The highest BCUT2D eigenvalue weighted by Gasteiger charge is 2.16. The Morgan fingerprint density at radius 3 is 2.76 bits per heavy atom. The number of carboxylic acid groups (broad SMARTS) is 1. The molecule has 110 valence electrons. The van der Waals surface area contributed by atoms with Crippen LogP contribution in [0.15, 0.2) is 39.9 Å². The van der Waals surface area contributed by atoms with E-state index < -0.39 is 11.5 Å². The third-order valence-corrected chi connectivity index (χ3v) is 3.27. The highest BCUT2D eigenvalue weighted by atomic mass is 79.9. The van der Waals surface area contributed by atoms with Gasteiger partial charge in [0.15, 0.2) is 0 Å². The number of rotatable bonds is 4. The van der Waals surface area contributed by atoms with E-state index >= 15 is 0 Å². The Labute approximate surface area is 129 Å². The van der Waals surface area contributed by atoms with Gasteiger partial charge in [-0.25, -0.2) is 9.78 Å². The van der Waals surface area contributed by atoms with Crippen LogP contribution in [0, 0.1) is 0 Å². The zero-order chi connectivity index (χ0) is 15.6. The summed E-state index contributed by atoms with van der Waals surface area (Å²) in [5.41, 5.74) is -0.455. The summed E-state index contributed by atoms with van der Waals surface area (Å²) in [7, 11) is 0. The Morgan fingerprint density at radius 2 is 2.14 bits per heavy atom. The van der Waals surface area contributed by atoms with Crippen LogP contribution in [0.2, 0.25) is 0 Å². The van der Waals surface area contributed by atoms with Crippen LogP contribution in [0.1, 0.15) is 30.2 Å². The summed E-state index contributed by atoms with van der Waals surface area (Å²) in [6.07, 6.45) is 2.99. The van der Waals surface area contributed by atoms with E-state index in [-0.39, 0.29) is 23.2 Å². The SMILES string of the molecule is CC(C)n1ccnc(Oc2cc(Br)ccc2C(=O)O)c1=O. The summed E-state index contributed by atoms with van der Waals surface area (Å²) in [6, 6.07) is 4.41. The van der Waals surface area contributed by atoms with E-state index in [2.05, 4.69) is 20.9 Å². The van der Waals surface area contributed by atoms with E-state index in [9.17, 15) is 9.59 Å². The number of ether oxygens (including phenoxy) is 1. The van der Waals surface area contributed by atoms with Gasteiger partial charge >= 0.3 is 11.5 Å². The lowest BCUT2D eigenvalue weighted by atomic mass is 10.2. The van der Waals surface area contributed by atoms with Crippen LogP contribution < -0.4 is 10.3 Å². The number of carbonyl (C=O) groups is 1. The van der Waals surface area contributed by atoms with Gasteiger partial charge in [0.25, 0.3) is 5.88 Å². The number of nitrogens with zero attached hydrogens (tertiary/aromatic N) is 2. The molecule has 6 nitrogen and oxygen atoms in total. The molecule has 0 amide bonds. The number of carboxylic acids is 1. The normalized spacial score (nSPS) is 10.7. The Hall–Kier alpha value is -2.15. The predicted octanol–water partition coefficient (Wildman–Crippen LogP) is 3.08. The van der Waals surface area contributed by atoms with Crippen molar-refractivity contribution in [3.05, 3.63) is 51.0 Å². The van der Waals surface area contributed by atoms with E-state index in [1.54, 1.807) is 12.3 Å². The van der Waals surface area contributed by atoms with Gasteiger partial charge in [0.2, 0.25) is 0 Å². The summed E-state index contributed by atoms with van der Waals surface area (Å²) in [4.78, 5) is 27.3. The fourth-order valence-corrected chi connectivity index (χ4v) is 2.08. The number of hydrogen-bond acceptors (Lipinski definition) is 4. The van der Waals surface area contributed by atoms with Crippen molar-refractivity contribution in [1.29, 1.82) is 0 Å². The lowest BCUT2D eigenvalue weighted by molar-refractivity contribution is 0.0694. The van der Waals surface area contributed by atoms with Gasteiger partial charge in [-0.05, 0) is 32.0 Å². The minimum Gasteiger partial charge on any atom is -0.478 e. The molecule has 0 saturated heterocycles. The molecule has 0 atom stereocenters. The molecule has 1 aromatic carbocycles. The van der Waals surface area contributed by atoms with Crippen molar-refractivity contribution >= 4 is 21.9 Å². The van der Waals surface area contributed by atoms with Crippen LogP contribution in [-0.4, -0.2) is 20.6 Å². The minimum absolute atomic E-state index is 0.0423. The van der Waals surface area contributed by atoms with Gasteiger partial charge in [-0.15, -0.1) is 0 Å². The molecular weight excluding hydrogens is 340 g/mol. The molecule has 0 bridgehead atoms. The molecule has 1 heterocycles. The Balaban J connectivity index is 2.48. The Bertz CT molecular complexity index is 740. The summed E-state index contributed by atoms with van der Waals surface area (Å²) in [5.74, 6) is -1.24. The second kappa shape index (κ2) is 6.09. The van der Waals surface area contributed by atoms with Gasteiger partial charge in [0, 0.05) is 22.9 Å². The average molecular weight is 353 g/mol. The van der Waals surface area contributed by atoms with Crippen LogP contribution in [0.5, 0.6) is 11.6 Å². The van der Waals surface area contributed by atoms with Crippen molar-refractivity contribution in [3.8, 4) is 11.6 Å². The van der Waals surface area contributed by atoms with Crippen molar-refractivity contribution < 1.29 is 14.6 Å². The fraction of sp³-hybridized carbons (Fsp3) is 0.214. The minimum atomic E-state index is -1.14. The van der Waals surface area contributed by atoms with Crippen molar-refractivity contribution in [2.75, 3.05) is 0 Å². The Kier molecular flexibility index (Phi) is 4.42. The molecular formula is C14H13BrN2O4. The van der Waals surface area contributed by atoms with Crippen molar-refractivity contribution in [2.45, 2.75) is 19.9 Å². The topological polar surface area (TPSA) is 81.4 Å². The molecule has 2 rings (SSSR count). The molecule has 0 aliphatic carbocycles. The number of aromatic carboxylic acids is 1. The van der Waals surface area contributed by atoms with E-state index in [0.717, 1.165) is 0 Å². The van der Waals surface area contributed by atoms with Crippen molar-refractivity contribution in [1.82, 2.24) is 9.55 Å². The molecule has 0 spiro atoms. The summed E-state index contributed by atoms with van der Waals surface area (Å²) >= 11 is 3.24. The van der Waals surface area contributed by atoms with Crippen LogP contribution >= 0.6 is 15.9 Å². The quantitative estimate of drug-likeness (QED) is 0.914. The molecule has 2 aromatic rings. The first-order valence-electron chi connectivity index (χ1n) is 6.18. The zero-order valence-corrected chi connectivity index (χ0v) is 13.0. The average Bonchev–Trinajstić information content (AvgIpc) is 2.40. The number of hydrogen-bond donors (Lipinski definition) is 1. The summed E-state index contributed by atoms with van der Waals surface area (Å²) < 4.78 is 7.52. The predicted molar refractivity (Wildman–Crippen MR) is 80.1 cm³/mol. The molecule has 0 aliphatic heterocycles. The Morgan fingerprint density at radius 1 is 1.43 bits per heavy atom. The molecule has 0 saturated carbocycles. The molecule has 0 radical (unpaired) electrons. The smallest absolute Gasteiger partial charge is 0.339 e. The maximum absolute atomic E-state index is 12.2. The van der Waals surface area contributed by atoms with Crippen LogP contribution in [0.3, 0.4) is 0 Å². The molecule has 0 unspecified atom stereocenters. The van der Waals surface area contributed by atoms with E-state index in [1.807, 2.05) is 13.8 Å². The highest BCUT2D eigenvalue weighted by Crippen LogP contribution is 2.26. The van der Waals surface area contributed by atoms with Crippen molar-refractivity contribution in [3.63, 3.8) is 0 Å². The third kappa shape index (κ3) is 3.30. The second-order valence-corrected chi connectivity index (χ2v) is 5.50. The lowest BCUT2D eigenvalue weighted by Gasteiger charge is -2.12. The molecule has 0 fully saturated rings. The largest absolute Gasteiger partial charge is 0.478 e. The first kappa shape index (κ1) is 15.2. The van der Waals surface area contributed by atoms with Crippen LogP contribution in [-0.2, 0) is 0 Å². The van der Waals surface area contributed by atoms with Gasteiger partial charge in [-0.3, -0.25) is 4.79 Å². The number of aromatic nitrogens is 2. The number of halogens is 1. The molecule has 0 aliphatic rings. The maximum Gasteiger partial charge on any atom is 0.339 e. The molecule has 7 heteroatoms. The monoisotopic (exact) mass is 352 g/mol. The van der Waals surface area contributed by atoms with E-state index in [1.165, 1.54) is 22.9 Å². The van der Waals surface area contributed by atoms with E-state index in [0.29, 0.717) is 4.47 Å². The van der Waals surface area contributed by atoms with E-state index in [4.69, 9.17) is 9.84 Å². The molecule has 1 N–H and O–H groups in total. The molecule has 21 heavy (non-hydrogen) atoms. The number of benzene rings is 1. The first-order chi connectivity index (χ1) is 9.90. The maximum atomic E-state index is 12.2.